The predicted molar refractivity (Wildman–Crippen MR) is 62.6 cm³/mol. The van der Waals surface area contributed by atoms with E-state index in [4.69, 9.17) is 4.74 Å². The second kappa shape index (κ2) is 5.95. The van der Waals surface area contributed by atoms with Crippen molar-refractivity contribution >= 4 is 21.9 Å². The van der Waals surface area contributed by atoms with E-state index in [0.29, 0.717) is 26.1 Å². The van der Waals surface area contributed by atoms with Crippen LogP contribution in [0.15, 0.2) is 0 Å². The van der Waals surface area contributed by atoms with E-state index in [-0.39, 0.29) is 12.1 Å². The van der Waals surface area contributed by atoms with Crippen LogP contribution < -0.4 is 5.32 Å². The molecule has 16 heavy (non-hydrogen) atoms. The molecule has 5 nitrogen and oxygen atoms in total. The summed E-state index contributed by atoms with van der Waals surface area (Å²) in [5.41, 5.74) is -0.831. The number of nitrogens with one attached hydrogen (secondary N) is 1. The Labute approximate surface area is 104 Å². The number of halogens is 1. The zero-order valence-electron chi connectivity index (χ0n) is 9.53. The average Bonchev–Trinajstić information content (AvgIpc) is 2.58. The highest BCUT2D eigenvalue weighted by atomic mass is 79.9. The van der Waals surface area contributed by atoms with Gasteiger partial charge >= 0.3 is 5.97 Å². The summed E-state index contributed by atoms with van der Waals surface area (Å²) in [4.78, 5) is 10.7. The Morgan fingerprint density at radius 3 is 3.00 bits per heavy atom. The first-order valence-corrected chi connectivity index (χ1v) is 6.18. The van der Waals surface area contributed by atoms with E-state index >= 15 is 0 Å². The van der Waals surface area contributed by atoms with E-state index in [1.54, 1.807) is 0 Å². The molecule has 0 aromatic heterocycles. The third-order valence-corrected chi connectivity index (χ3v) is 3.57. The van der Waals surface area contributed by atoms with Gasteiger partial charge in [0.05, 0.1) is 13.2 Å². The van der Waals surface area contributed by atoms with E-state index in [1.165, 1.54) is 7.11 Å². The Bertz CT molecular complexity index is 251. The lowest BCUT2D eigenvalue weighted by molar-refractivity contribution is -0.139. The third-order valence-electron chi connectivity index (χ3n) is 2.87. The van der Waals surface area contributed by atoms with Crippen molar-refractivity contribution in [3.8, 4) is 0 Å². The second-order valence-corrected chi connectivity index (χ2v) is 5.09. The van der Waals surface area contributed by atoms with Crippen molar-refractivity contribution in [1.82, 2.24) is 5.32 Å². The molecule has 0 aromatic carbocycles. The molecule has 0 aromatic rings. The van der Waals surface area contributed by atoms with Crippen LogP contribution in [0, 0.1) is 0 Å². The topological polar surface area (TPSA) is 67.8 Å². The molecule has 3 unspecified atom stereocenters. The average molecular weight is 296 g/mol. The van der Waals surface area contributed by atoms with Gasteiger partial charge in [-0.25, -0.2) is 0 Å². The third kappa shape index (κ3) is 3.41. The number of aliphatic hydroxyl groups is 1. The summed E-state index contributed by atoms with van der Waals surface area (Å²) in [6.45, 7) is 3.25. The lowest BCUT2D eigenvalue weighted by atomic mass is 9.97. The molecule has 6 heteroatoms. The van der Waals surface area contributed by atoms with Gasteiger partial charge in [0.15, 0.2) is 0 Å². The number of esters is 1. The normalized spacial score (nSPS) is 31.4. The summed E-state index contributed by atoms with van der Waals surface area (Å²) in [5.74, 6) is -0.324. The fraction of sp³-hybridized carbons (Fsp3) is 0.900. The lowest BCUT2D eigenvalue weighted by Crippen LogP contribution is -2.47. The molecule has 0 bridgehead atoms. The fourth-order valence-electron chi connectivity index (χ4n) is 1.63. The van der Waals surface area contributed by atoms with Crippen molar-refractivity contribution in [2.45, 2.75) is 29.9 Å². The number of hydrogen-bond acceptors (Lipinski definition) is 5. The van der Waals surface area contributed by atoms with Crippen LogP contribution in [0.3, 0.4) is 0 Å². The molecule has 2 N–H and O–H groups in total. The monoisotopic (exact) mass is 295 g/mol. The van der Waals surface area contributed by atoms with Gasteiger partial charge in [-0.05, 0) is 6.92 Å². The van der Waals surface area contributed by atoms with Gasteiger partial charge in [-0.3, -0.25) is 4.79 Å². The number of alkyl halides is 1. The first kappa shape index (κ1) is 13.9. The van der Waals surface area contributed by atoms with Crippen LogP contribution in [0.5, 0.6) is 0 Å². The smallest absolute Gasteiger partial charge is 0.320 e. The van der Waals surface area contributed by atoms with Crippen molar-refractivity contribution in [1.29, 1.82) is 0 Å². The number of ether oxygens (including phenoxy) is 2. The molecular weight excluding hydrogens is 278 g/mol. The van der Waals surface area contributed by atoms with Gasteiger partial charge in [0, 0.05) is 26.1 Å². The number of rotatable bonds is 5. The quantitative estimate of drug-likeness (QED) is 0.554. The fourth-order valence-corrected chi connectivity index (χ4v) is 2.05. The lowest BCUT2D eigenvalue weighted by Gasteiger charge is -2.26. The van der Waals surface area contributed by atoms with E-state index in [9.17, 15) is 9.90 Å². The molecule has 94 valence electrons. The SMILES string of the molecule is COC(=O)C(Br)CNCC1(O)CCOC1C. The molecule has 0 radical (unpaired) electrons. The maximum Gasteiger partial charge on any atom is 0.320 e. The minimum absolute atomic E-state index is 0.174. The van der Waals surface area contributed by atoms with Crippen LogP contribution in [0.25, 0.3) is 0 Å². The zero-order valence-corrected chi connectivity index (χ0v) is 11.1. The summed E-state index contributed by atoms with van der Waals surface area (Å²) < 4.78 is 9.87. The highest BCUT2D eigenvalue weighted by Gasteiger charge is 2.39. The van der Waals surface area contributed by atoms with Crippen LogP contribution in [0.1, 0.15) is 13.3 Å². The van der Waals surface area contributed by atoms with Gasteiger partial charge in [0.1, 0.15) is 10.4 Å². The van der Waals surface area contributed by atoms with Crippen molar-refractivity contribution in [2.24, 2.45) is 0 Å². The maximum atomic E-state index is 11.1. The summed E-state index contributed by atoms with van der Waals surface area (Å²) in [5, 5.41) is 13.2. The molecule has 1 heterocycles. The van der Waals surface area contributed by atoms with Gasteiger partial charge in [-0.1, -0.05) is 15.9 Å². The maximum absolute atomic E-state index is 11.1. The van der Waals surface area contributed by atoms with Gasteiger partial charge in [0.2, 0.25) is 0 Å². The number of carbonyl (C=O) groups is 1. The highest BCUT2D eigenvalue weighted by molar-refractivity contribution is 9.10. The first-order valence-electron chi connectivity index (χ1n) is 5.26. The first-order chi connectivity index (χ1) is 7.49. The molecule has 1 fully saturated rings. The van der Waals surface area contributed by atoms with Gasteiger partial charge in [0.25, 0.3) is 0 Å². The number of carbonyl (C=O) groups excluding carboxylic acids is 1. The largest absolute Gasteiger partial charge is 0.468 e. The van der Waals surface area contributed by atoms with Gasteiger partial charge in [-0.2, -0.15) is 0 Å². The molecule has 1 aliphatic heterocycles. The molecule has 1 rings (SSSR count). The summed E-state index contributed by atoms with van der Waals surface area (Å²) in [6.07, 6.45) is 0.443. The van der Waals surface area contributed by atoms with Gasteiger partial charge < -0.3 is 19.9 Å². The molecule has 1 aliphatic rings. The number of hydrogen-bond donors (Lipinski definition) is 2. The van der Waals surface area contributed by atoms with Crippen LogP contribution in [-0.4, -0.2) is 54.4 Å². The number of methoxy groups -OCH3 is 1. The standard InChI is InChI=1S/C10H18BrNO4/c1-7-10(14,3-4-16-7)6-12-5-8(11)9(13)15-2/h7-8,12,14H,3-6H2,1-2H3. The van der Waals surface area contributed by atoms with E-state index < -0.39 is 10.4 Å². The Kier molecular flexibility index (Phi) is 5.17. The van der Waals surface area contributed by atoms with Crippen LogP contribution >= 0.6 is 15.9 Å². The minimum Gasteiger partial charge on any atom is -0.468 e. The Morgan fingerprint density at radius 1 is 1.81 bits per heavy atom. The van der Waals surface area contributed by atoms with E-state index in [0.717, 1.165) is 0 Å². The van der Waals surface area contributed by atoms with Gasteiger partial charge in [-0.15, -0.1) is 0 Å². The molecule has 0 spiro atoms. The summed E-state index contributed by atoms with van der Waals surface area (Å²) in [6, 6.07) is 0. The van der Waals surface area contributed by atoms with Crippen molar-refractivity contribution in [3.63, 3.8) is 0 Å². The zero-order chi connectivity index (χ0) is 12.2. The van der Waals surface area contributed by atoms with E-state index in [2.05, 4.69) is 26.0 Å². The molecule has 0 aliphatic carbocycles. The minimum atomic E-state index is -0.831. The van der Waals surface area contributed by atoms with E-state index in [1.807, 2.05) is 6.92 Å². The Morgan fingerprint density at radius 2 is 2.50 bits per heavy atom. The van der Waals surface area contributed by atoms with Crippen molar-refractivity contribution in [3.05, 3.63) is 0 Å². The summed E-state index contributed by atoms with van der Waals surface area (Å²) in [7, 11) is 1.34. The summed E-state index contributed by atoms with van der Waals surface area (Å²) >= 11 is 3.20. The molecule has 3 atom stereocenters. The highest BCUT2D eigenvalue weighted by Crippen LogP contribution is 2.24. The van der Waals surface area contributed by atoms with Crippen molar-refractivity contribution < 1.29 is 19.4 Å². The molecule has 0 amide bonds. The van der Waals surface area contributed by atoms with Crippen LogP contribution in [0.2, 0.25) is 0 Å². The molecular formula is C10H18BrNO4. The molecule has 0 saturated carbocycles. The second-order valence-electron chi connectivity index (χ2n) is 3.99. The van der Waals surface area contributed by atoms with Crippen LogP contribution in [-0.2, 0) is 14.3 Å². The Balaban J connectivity index is 2.27. The molecule has 1 saturated heterocycles. The van der Waals surface area contributed by atoms with Crippen molar-refractivity contribution in [2.75, 3.05) is 26.8 Å². The van der Waals surface area contributed by atoms with Crippen LogP contribution in [0.4, 0.5) is 0 Å². The Hall–Kier alpha value is -0.170. The predicted octanol–water partition coefficient (Wildman–Crippen LogP) is 0.0524.